The van der Waals surface area contributed by atoms with Gasteiger partial charge in [0, 0.05) is 5.69 Å². The average molecular weight is 365 g/mol. The van der Waals surface area contributed by atoms with Crippen molar-refractivity contribution in [1.29, 1.82) is 5.26 Å². The van der Waals surface area contributed by atoms with E-state index in [-0.39, 0.29) is 17.3 Å². The van der Waals surface area contributed by atoms with Gasteiger partial charge < -0.3 is 5.32 Å². The predicted molar refractivity (Wildman–Crippen MR) is 98.9 cm³/mol. The number of hydrogen-bond donors (Lipinski definition) is 2. The Morgan fingerprint density at radius 1 is 1.19 bits per heavy atom. The highest BCUT2D eigenvalue weighted by atomic mass is 32.2. The van der Waals surface area contributed by atoms with Crippen molar-refractivity contribution in [3.05, 3.63) is 76.2 Å². The normalized spacial score (nSPS) is 10.3. The number of nitriles is 1. The quantitative estimate of drug-likeness (QED) is 0.652. The molecule has 0 unspecified atom stereocenters. The molecule has 0 aliphatic carbocycles. The Labute approximate surface area is 153 Å². The lowest BCUT2D eigenvalue weighted by atomic mass is 10.2. The molecule has 0 aliphatic heterocycles. The Balaban J connectivity index is 1.61. The third kappa shape index (κ3) is 4.40. The number of aromatic nitrogens is 3. The third-order valence-electron chi connectivity index (χ3n) is 3.54. The first-order valence-electron chi connectivity index (χ1n) is 7.77. The molecule has 2 aromatic carbocycles. The highest BCUT2D eigenvalue weighted by Crippen LogP contribution is 2.16. The van der Waals surface area contributed by atoms with Gasteiger partial charge in [0.05, 0.1) is 23.9 Å². The van der Waals surface area contributed by atoms with Crippen molar-refractivity contribution in [2.75, 3.05) is 11.1 Å². The second-order valence-electron chi connectivity index (χ2n) is 5.41. The highest BCUT2D eigenvalue weighted by molar-refractivity contribution is 7.99. The SMILES string of the molecule is N#Cc1ccc(NC(=O)CSc2n[nH]c(=O)n2Cc2ccccc2)cc1. The number of carbonyl (C=O) groups is 1. The molecule has 3 rings (SSSR count). The van der Waals surface area contributed by atoms with Crippen LogP contribution in [-0.2, 0) is 11.3 Å². The van der Waals surface area contributed by atoms with Crippen LogP contribution in [0.15, 0.2) is 64.5 Å². The van der Waals surface area contributed by atoms with Gasteiger partial charge in [0.1, 0.15) is 0 Å². The summed E-state index contributed by atoms with van der Waals surface area (Å²) in [7, 11) is 0. The van der Waals surface area contributed by atoms with Gasteiger partial charge in [0.2, 0.25) is 5.91 Å². The third-order valence-corrected chi connectivity index (χ3v) is 4.51. The predicted octanol–water partition coefficient (Wildman–Crippen LogP) is 2.22. The molecule has 0 radical (unpaired) electrons. The van der Waals surface area contributed by atoms with Crippen LogP contribution in [0.2, 0.25) is 0 Å². The maximum absolute atomic E-state index is 12.1. The minimum atomic E-state index is -0.316. The van der Waals surface area contributed by atoms with Crippen molar-refractivity contribution in [1.82, 2.24) is 14.8 Å². The van der Waals surface area contributed by atoms with E-state index in [1.165, 1.54) is 16.3 Å². The Bertz CT molecular complexity index is 987. The maximum Gasteiger partial charge on any atom is 0.344 e. The molecule has 8 heteroatoms. The van der Waals surface area contributed by atoms with Gasteiger partial charge in [-0.2, -0.15) is 5.26 Å². The van der Waals surface area contributed by atoms with Gasteiger partial charge in [-0.1, -0.05) is 42.1 Å². The molecule has 7 nitrogen and oxygen atoms in total. The highest BCUT2D eigenvalue weighted by Gasteiger charge is 2.12. The minimum Gasteiger partial charge on any atom is -0.325 e. The van der Waals surface area contributed by atoms with E-state index in [1.54, 1.807) is 24.3 Å². The van der Waals surface area contributed by atoms with E-state index in [1.807, 2.05) is 36.4 Å². The van der Waals surface area contributed by atoms with Crippen LogP contribution < -0.4 is 11.0 Å². The Kier molecular flexibility index (Phi) is 5.51. The van der Waals surface area contributed by atoms with Crippen LogP contribution in [0.1, 0.15) is 11.1 Å². The minimum absolute atomic E-state index is 0.110. The van der Waals surface area contributed by atoms with E-state index in [0.717, 1.165) is 5.56 Å². The zero-order valence-electron chi connectivity index (χ0n) is 13.7. The lowest BCUT2D eigenvalue weighted by molar-refractivity contribution is -0.113. The largest absolute Gasteiger partial charge is 0.344 e. The van der Waals surface area contributed by atoms with Crippen molar-refractivity contribution in [3.63, 3.8) is 0 Å². The molecule has 0 saturated heterocycles. The Hall–Kier alpha value is -3.31. The summed E-state index contributed by atoms with van der Waals surface area (Å²) in [6, 6.07) is 18.2. The molecule has 3 aromatic rings. The van der Waals surface area contributed by atoms with Crippen molar-refractivity contribution < 1.29 is 4.79 Å². The van der Waals surface area contributed by atoms with Crippen LogP contribution in [0.25, 0.3) is 0 Å². The van der Waals surface area contributed by atoms with Crippen LogP contribution in [0, 0.1) is 11.3 Å². The van der Waals surface area contributed by atoms with E-state index in [9.17, 15) is 9.59 Å². The van der Waals surface area contributed by atoms with Crippen LogP contribution >= 0.6 is 11.8 Å². The summed E-state index contributed by atoms with van der Waals surface area (Å²) in [5.41, 5.74) is 1.79. The van der Waals surface area contributed by atoms with E-state index in [2.05, 4.69) is 15.5 Å². The number of benzene rings is 2. The molecule has 0 fully saturated rings. The molecule has 1 amide bonds. The molecule has 2 N–H and O–H groups in total. The molecule has 1 aromatic heterocycles. The fourth-order valence-corrected chi connectivity index (χ4v) is 3.02. The first-order chi connectivity index (χ1) is 12.7. The fraction of sp³-hybridized carbons (Fsp3) is 0.111. The van der Waals surface area contributed by atoms with Crippen molar-refractivity contribution >= 4 is 23.4 Å². The molecule has 0 aliphatic rings. The van der Waals surface area contributed by atoms with Crippen LogP contribution in [0.5, 0.6) is 0 Å². The van der Waals surface area contributed by atoms with Gasteiger partial charge in [-0.05, 0) is 29.8 Å². The molecular weight excluding hydrogens is 350 g/mol. The summed E-state index contributed by atoms with van der Waals surface area (Å²) in [5.74, 6) is -0.111. The van der Waals surface area contributed by atoms with Gasteiger partial charge >= 0.3 is 5.69 Å². The molecule has 0 bridgehead atoms. The molecule has 130 valence electrons. The Morgan fingerprint density at radius 3 is 2.62 bits per heavy atom. The second-order valence-corrected chi connectivity index (χ2v) is 6.35. The van der Waals surface area contributed by atoms with E-state index < -0.39 is 0 Å². The molecule has 26 heavy (non-hydrogen) atoms. The second kappa shape index (κ2) is 8.18. The summed E-state index contributed by atoms with van der Waals surface area (Å²) in [5, 5.41) is 18.4. The number of amides is 1. The smallest absolute Gasteiger partial charge is 0.325 e. The van der Waals surface area contributed by atoms with Crippen molar-refractivity contribution in [3.8, 4) is 6.07 Å². The average Bonchev–Trinajstić information content (AvgIpc) is 3.01. The lowest BCUT2D eigenvalue weighted by Crippen LogP contribution is -2.19. The van der Waals surface area contributed by atoms with E-state index in [0.29, 0.717) is 23.0 Å². The molecule has 0 atom stereocenters. The number of rotatable bonds is 6. The number of aromatic amines is 1. The summed E-state index contributed by atoms with van der Waals surface area (Å²) < 4.78 is 1.50. The van der Waals surface area contributed by atoms with Crippen LogP contribution in [0.3, 0.4) is 0 Å². The number of H-pyrrole nitrogens is 1. The number of nitrogens with one attached hydrogen (secondary N) is 2. The Morgan fingerprint density at radius 2 is 1.92 bits per heavy atom. The zero-order valence-corrected chi connectivity index (χ0v) is 14.5. The first-order valence-corrected chi connectivity index (χ1v) is 8.76. The van der Waals surface area contributed by atoms with Gasteiger partial charge in [-0.25, -0.2) is 9.89 Å². The number of carbonyl (C=O) groups excluding carboxylic acids is 1. The summed E-state index contributed by atoms with van der Waals surface area (Å²) in [6.45, 7) is 0.385. The number of anilines is 1. The number of nitrogens with zero attached hydrogens (tertiary/aromatic N) is 3. The molecule has 0 spiro atoms. The van der Waals surface area contributed by atoms with Crippen LogP contribution in [-0.4, -0.2) is 26.4 Å². The van der Waals surface area contributed by atoms with Crippen molar-refractivity contribution in [2.24, 2.45) is 0 Å². The summed E-state index contributed by atoms with van der Waals surface area (Å²) in [4.78, 5) is 24.0. The molecule has 1 heterocycles. The summed E-state index contributed by atoms with van der Waals surface area (Å²) >= 11 is 1.18. The number of thioether (sulfide) groups is 1. The fourth-order valence-electron chi connectivity index (χ4n) is 2.27. The van der Waals surface area contributed by atoms with Gasteiger partial charge in [0.15, 0.2) is 5.16 Å². The number of hydrogen-bond acceptors (Lipinski definition) is 5. The zero-order chi connectivity index (χ0) is 18.4. The molecular formula is C18H15N5O2S. The standard InChI is InChI=1S/C18H15N5O2S/c19-10-13-6-8-15(9-7-13)20-16(24)12-26-18-22-21-17(25)23(18)11-14-4-2-1-3-5-14/h1-9H,11-12H2,(H,20,24)(H,21,25). The van der Waals surface area contributed by atoms with Crippen molar-refractivity contribution in [2.45, 2.75) is 11.7 Å². The topological polar surface area (TPSA) is 104 Å². The van der Waals surface area contributed by atoms with E-state index in [4.69, 9.17) is 5.26 Å². The van der Waals surface area contributed by atoms with Gasteiger partial charge in [-0.3, -0.25) is 9.36 Å². The molecule has 0 saturated carbocycles. The first kappa shape index (κ1) is 17.5. The van der Waals surface area contributed by atoms with E-state index >= 15 is 0 Å². The monoisotopic (exact) mass is 365 g/mol. The van der Waals surface area contributed by atoms with Gasteiger partial charge in [0.25, 0.3) is 0 Å². The van der Waals surface area contributed by atoms with Crippen LogP contribution in [0.4, 0.5) is 5.69 Å². The maximum atomic E-state index is 12.1. The lowest BCUT2D eigenvalue weighted by Gasteiger charge is -2.07. The van der Waals surface area contributed by atoms with Gasteiger partial charge in [-0.15, -0.1) is 5.10 Å². The summed E-state index contributed by atoms with van der Waals surface area (Å²) in [6.07, 6.45) is 0.